The second-order valence-electron chi connectivity index (χ2n) is 3.55. The third kappa shape index (κ3) is 3.00. The molecule has 0 aromatic heterocycles. The number of halogens is 1. The average molecular weight is 239 g/mol. The topological polar surface area (TPSA) is 0 Å². The zero-order valence-corrected chi connectivity index (χ0v) is 10.0. The number of rotatable bonds is 1. The van der Waals surface area contributed by atoms with E-state index in [9.17, 15) is 0 Å². The third-order valence-electron chi connectivity index (χ3n) is 2.37. The molecule has 0 N–H and O–H groups in total. The lowest BCUT2D eigenvalue weighted by atomic mass is 10.1. The summed E-state index contributed by atoms with van der Waals surface area (Å²) in [6.45, 7) is 3.77. The van der Waals surface area contributed by atoms with Gasteiger partial charge in [0, 0.05) is 16.1 Å². The molecule has 82 valence electrons. The number of benzene rings is 2. The first-order valence-electron chi connectivity index (χ1n) is 5.28. The Bertz CT molecular complexity index is 583. The van der Waals surface area contributed by atoms with Crippen molar-refractivity contribution >= 4 is 17.7 Å². The Kier molecular flexibility index (Phi) is 3.65. The molecule has 0 spiro atoms. The Labute approximate surface area is 107 Å². The molecule has 17 heavy (non-hydrogen) atoms. The minimum absolute atomic E-state index is 0.724. The Hall–Kier alpha value is -1.97. The standard InChI is InChI=1S/C16H11Cl/c1-2-14-5-3-4-6-15(14)10-7-13-8-11-16(17)12-9-13/h2-6,8-9,11-12H,1H2. The van der Waals surface area contributed by atoms with Crippen LogP contribution in [0.4, 0.5) is 0 Å². The van der Waals surface area contributed by atoms with Gasteiger partial charge in [0.2, 0.25) is 0 Å². The molecular formula is C16H11Cl. The van der Waals surface area contributed by atoms with Crippen molar-refractivity contribution in [2.45, 2.75) is 0 Å². The SMILES string of the molecule is C=Cc1ccccc1C#Cc1ccc(Cl)cc1. The highest BCUT2D eigenvalue weighted by atomic mass is 35.5. The summed E-state index contributed by atoms with van der Waals surface area (Å²) in [7, 11) is 0. The first kappa shape index (κ1) is 11.5. The van der Waals surface area contributed by atoms with Crippen LogP contribution in [-0.2, 0) is 0 Å². The van der Waals surface area contributed by atoms with E-state index in [0.717, 1.165) is 21.7 Å². The van der Waals surface area contributed by atoms with Gasteiger partial charge in [-0.2, -0.15) is 0 Å². The molecule has 0 unspecified atom stereocenters. The molecule has 0 amide bonds. The maximum Gasteiger partial charge on any atom is 0.0406 e. The van der Waals surface area contributed by atoms with Gasteiger partial charge in [-0.3, -0.25) is 0 Å². The van der Waals surface area contributed by atoms with E-state index >= 15 is 0 Å². The highest BCUT2D eigenvalue weighted by molar-refractivity contribution is 6.30. The number of hydrogen-bond acceptors (Lipinski definition) is 0. The molecule has 2 aromatic carbocycles. The lowest BCUT2D eigenvalue weighted by Crippen LogP contribution is -1.80. The van der Waals surface area contributed by atoms with Crippen LogP contribution in [0, 0.1) is 11.8 Å². The molecule has 1 heteroatoms. The predicted octanol–water partition coefficient (Wildman–Crippen LogP) is 4.38. The van der Waals surface area contributed by atoms with Gasteiger partial charge < -0.3 is 0 Å². The summed E-state index contributed by atoms with van der Waals surface area (Å²) >= 11 is 5.82. The zero-order valence-electron chi connectivity index (χ0n) is 9.28. The van der Waals surface area contributed by atoms with Crippen molar-refractivity contribution in [1.82, 2.24) is 0 Å². The van der Waals surface area contributed by atoms with Gasteiger partial charge >= 0.3 is 0 Å². The first-order valence-corrected chi connectivity index (χ1v) is 5.66. The minimum Gasteiger partial charge on any atom is -0.0984 e. The fraction of sp³-hybridized carbons (Fsp3) is 0. The molecule has 0 atom stereocenters. The Balaban J connectivity index is 2.32. The van der Waals surface area contributed by atoms with Crippen LogP contribution in [-0.4, -0.2) is 0 Å². The van der Waals surface area contributed by atoms with Crippen molar-refractivity contribution in [1.29, 1.82) is 0 Å². The van der Waals surface area contributed by atoms with Gasteiger partial charge in [0.25, 0.3) is 0 Å². The van der Waals surface area contributed by atoms with Crippen LogP contribution in [0.25, 0.3) is 6.08 Å². The molecular weight excluding hydrogens is 228 g/mol. The second kappa shape index (κ2) is 5.39. The fourth-order valence-electron chi connectivity index (χ4n) is 1.46. The quantitative estimate of drug-likeness (QED) is 0.647. The molecule has 0 aliphatic rings. The fourth-order valence-corrected chi connectivity index (χ4v) is 1.59. The summed E-state index contributed by atoms with van der Waals surface area (Å²) in [5, 5.41) is 0.724. The zero-order chi connectivity index (χ0) is 12.1. The maximum atomic E-state index is 5.82. The van der Waals surface area contributed by atoms with Crippen molar-refractivity contribution in [3.05, 3.63) is 76.8 Å². The largest absolute Gasteiger partial charge is 0.0984 e. The Morgan fingerprint density at radius 3 is 2.35 bits per heavy atom. The highest BCUT2D eigenvalue weighted by Gasteiger charge is 1.93. The maximum absolute atomic E-state index is 5.82. The van der Waals surface area contributed by atoms with E-state index < -0.39 is 0 Å². The Morgan fingerprint density at radius 2 is 1.65 bits per heavy atom. The summed E-state index contributed by atoms with van der Waals surface area (Å²) in [6, 6.07) is 15.4. The molecule has 0 saturated carbocycles. The average Bonchev–Trinajstić information content (AvgIpc) is 2.38. The van der Waals surface area contributed by atoms with Crippen LogP contribution in [0.5, 0.6) is 0 Å². The summed E-state index contributed by atoms with van der Waals surface area (Å²) in [5.74, 6) is 6.24. The van der Waals surface area contributed by atoms with Gasteiger partial charge in [0.05, 0.1) is 0 Å². The highest BCUT2D eigenvalue weighted by Crippen LogP contribution is 2.10. The predicted molar refractivity (Wildman–Crippen MR) is 74.0 cm³/mol. The van der Waals surface area contributed by atoms with Crippen molar-refractivity contribution in [2.75, 3.05) is 0 Å². The van der Waals surface area contributed by atoms with Gasteiger partial charge in [-0.25, -0.2) is 0 Å². The molecule has 0 aliphatic heterocycles. The first-order chi connectivity index (χ1) is 8.29. The normalized spacial score (nSPS) is 9.24. The summed E-state index contributed by atoms with van der Waals surface area (Å²) in [6.07, 6.45) is 1.81. The molecule has 0 heterocycles. The van der Waals surface area contributed by atoms with Gasteiger partial charge in [-0.1, -0.05) is 54.3 Å². The Morgan fingerprint density at radius 1 is 0.941 bits per heavy atom. The van der Waals surface area contributed by atoms with E-state index in [1.165, 1.54) is 0 Å². The van der Waals surface area contributed by atoms with Crippen molar-refractivity contribution in [3.8, 4) is 11.8 Å². The molecule has 0 radical (unpaired) electrons. The summed E-state index contributed by atoms with van der Waals surface area (Å²) < 4.78 is 0. The van der Waals surface area contributed by atoms with Crippen LogP contribution in [0.2, 0.25) is 5.02 Å². The van der Waals surface area contributed by atoms with Crippen LogP contribution >= 0.6 is 11.6 Å². The van der Waals surface area contributed by atoms with Gasteiger partial charge in [0.1, 0.15) is 0 Å². The van der Waals surface area contributed by atoms with Crippen LogP contribution in [0.15, 0.2) is 55.1 Å². The molecule has 2 aromatic rings. The molecule has 0 aliphatic carbocycles. The molecule has 0 saturated heterocycles. The molecule has 0 fully saturated rings. The minimum atomic E-state index is 0.724. The summed E-state index contributed by atoms with van der Waals surface area (Å²) in [5.41, 5.74) is 2.99. The summed E-state index contributed by atoms with van der Waals surface area (Å²) in [4.78, 5) is 0. The van der Waals surface area contributed by atoms with E-state index in [4.69, 9.17) is 11.6 Å². The van der Waals surface area contributed by atoms with Gasteiger partial charge in [0.15, 0.2) is 0 Å². The van der Waals surface area contributed by atoms with Crippen LogP contribution in [0.1, 0.15) is 16.7 Å². The third-order valence-corrected chi connectivity index (χ3v) is 2.62. The molecule has 2 rings (SSSR count). The van der Waals surface area contributed by atoms with Crippen molar-refractivity contribution < 1.29 is 0 Å². The lowest BCUT2D eigenvalue weighted by Gasteiger charge is -1.96. The van der Waals surface area contributed by atoms with Crippen LogP contribution < -0.4 is 0 Å². The van der Waals surface area contributed by atoms with Gasteiger partial charge in [-0.15, -0.1) is 0 Å². The van der Waals surface area contributed by atoms with E-state index in [1.54, 1.807) is 0 Å². The van der Waals surface area contributed by atoms with Crippen molar-refractivity contribution in [2.24, 2.45) is 0 Å². The number of hydrogen-bond donors (Lipinski definition) is 0. The van der Waals surface area contributed by atoms with E-state index in [-0.39, 0.29) is 0 Å². The second-order valence-corrected chi connectivity index (χ2v) is 3.98. The smallest absolute Gasteiger partial charge is 0.0406 e. The van der Waals surface area contributed by atoms with E-state index in [0.29, 0.717) is 0 Å². The van der Waals surface area contributed by atoms with Gasteiger partial charge in [-0.05, 0) is 35.9 Å². The van der Waals surface area contributed by atoms with Crippen molar-refractivity contribution in [3.63, 3.8) is 0 Å². The molecule has 0 nitrogen and oxygen atoms in total. The van der Waals surface area contributed by atoms with E-state index in [2.05, 4.69) is 18.4 Å². The van der Waals surface area contributed by atoms with E-state index in [1.807, 2.05) is 54.6 Å². The molecule has 0 bridgehead atoms. The lowest BCUT2D eigenvalue weighted by molar-refractivity contribution is 1.59. The monoisotopic (exact) mass is 238 g/mol. The van der Waals surface area contributed by atoms with Crippen LogP contribution in [0.3, 0.4) is 0 Å².